The summed E-state index contributed by atoms with van der Waals surface area (Å²) in [6.45, 7) is 1.10. The van der Waals surface area contributed by atoms with E-state index in [2.05, 4.69) is 57.0 Å². The van der Waals surface area contributed by atoms with Gasteiger partial charge in [-0.1, -0.05) is 30.3 Å². The number of rotatable bonds is 7. The molecule has 1 atom stereocenters. The number of aliphatic hydroxyl groups excluding tert-OH is 1. The van der Waals surface area contributed by atoms with Crippen molar-refractivity contribution in [1.29, 1.82) is 0 Å². The highest BCUT2D eigenvalue weighted by molar-refractivity contribution is 9.11. The smallest absolute Gasteiger partial charge is 0.0701 e. The van der Waals surface area contributed by atoms with Crippen molar-refractivity contribution in [3.8, 4) is 0 Å². The molecule has 0 amide bonds. The van der Waals surface area contributed by atoms with Gasteiger partial charge in [-0.2, -0.15) is 0 Å². The Morgan fingerprint density at radius 3 is 2.68 bits per heavy atom. The maximum absolute atomic E-state index is 9.02. The summed E-state index contributed by atoms with van der Waals surface area (Å²) in [5.41, 5.74) is 2.58. The van der Waals surface area contributed by atoms with Crippen LogP contribution in [0.5, 0.6) is 0 Å². The topological polar surface area (TPSA) is 32.3 Å². The largest absolute Gasteiger partial charge is 0.396 e. The van der Waals surface area contributed by atoms with E-state index in [0.717, 1.165) is 23.2 Å². The van der Waals surface area contributed by atoms with Crippen molar-refractivity contribution in [2.24, 2.45) is 0 Å². The van der Waals surface area contributed by atoms with Crippen molar-refractivity contribution >= 4 is 27.3 Å². The van der Waals surface area contributed by atoms with E-state index in [1.807, 2.05) is 6.07 Å². The SMILES string of the molecule is OCCCC(NCc1csc(Br)c1)c1ccccc1. The summed E-state index contributed by atoms with van der Waals surface area (Å²) in [5.74, 6) is 0. The van der Waals surface area contributed by atoms with Crippen molar-refractivity contribution in [3.05, 3.63) is 56.7 Å². The zero-order valence-electron chi connectivity index (χ0n) is 10.7. The van der Waals surface area contributed by atoms with Crippen LogP contribution >= 0.6 is 27.3 Å². The first-order valence-corrected chi connectivity index (χ1v) is 8.09. The molecule has 19 heavy (non-hydrogen) atoms. The molecule has 1 heterocycles. The van der Waals surface area contributed by atoms with Crippen LogP contribution in [0.1, 0.15) is 30.0 Å². The van der Waals surface area contributed by atoms with Crippen molar-refractivity contribution in [2.75, 3.05) is 6.61 Å². The van der Waals surface area contributed by atoms with Crippen molar-refractivity contribution in [2.45, 2.75) is 25.4 Å². The number of benzene rings is 1. The summed E-state index contributed by atoms with van der Waals surface area (Å²) in [6.07, 6.45) is 1.77. The molecule has 0 spiro atoms. The lowest BCUT2D eigenvalue weighted by Crippen LogP contribution is -2.21. The minimum atomic E-state index is 0.245. The van der Waals surface area contributed by atoms with Crippen LogP contribution in [0.4, 0.5) is 0 Å². The summed E-state index contributed by atoms with van der Waals surface area (Å²) in [6, 6.07) is 12.9. The van der Waals surface area contributed by atoms with E-state index in [1.165, 1.54) is 11.1 Å². The lowest BCUT2D eigenvalue weighted by Gasteiger charge is -2.18. The monoisotopic (exact) mass is 339 g/mol. The molecular weight excluding hydrogens is 322 g/mol. The second-order valence-electron chi connectivity index (χ2n) is 4.47. The van der Waals surface area contributed by atoms with Gasteiger partial charge in [-0.15, -0.1) is 11.3 Å². The molecule has 0 aliphatic heterocycles. The molecule has 1 aromatic heterocycles. The van der Waals surface area contributed by atoms with Gasteiger partial charge in [-0.3, -0.25) is 0 Å². The summed E-state index contributed by atoms with van der Waals surface area (Å²) in [4.78, 5) is 0. The minimum Gasteiger partial charge on any atom is -0.396 e. The van der Waals surface area contributed by atoms with Gasteiger partial charge in [0, 0.05) is 19.2 Å². The first kappa shape index (κ1) is 14.7. The van der Waals surface area contributed by atoms with Gasteiger partial charge in [-0.05, 0) is 51.3 Å². The van der Waals surface area contributed by atoms with Crippen LogP contribution < -0.4 is 5.32 Å². The average molecular weight is 340 g/mol. The van der Waals surface area contributed by atoms with Crippen LogP contribution in [0.3, 0.4) is 0 Å². The van der Waals surface area contributed by atoms with Crippen LogP contribution in [0.2, 0.25) is 0 Å². The Morgan fingerprint density at radius 1 is 1.26 bits per heavy atom. The predicted octanol–water partition coefficient (Wildman–Crippen LogP) is 4.11. The van der Waals surface area contributed by atoms with Gasteiger partial charge in [0.1, 0.15) is 0 Å². The molecule has 0 bridgehead atoms. The molecule has 0 radical (unpaired) electrons. The standard InChI is InChI=1S/C15H18BrNOS/c16-15-9-12(11-19-15)10-17-14(7-4-8-18)13-5-2-1-3-6-13/h1-3,5-6,9,11,14,17-18H,4,7-8,10H2. The number of nitrogens with one attached hydrogen (secondary N) is 1. The third-order valence-corrected chi connectivity index (χ3v) is 4.58. The minimum absolute atomic E-state index is 0.245. The zero-order chi connectivity index (χ0) is 13.5. The predicted molar refractivity (Wildman–Crippen MR) is 84.4 cm³/mol. The molecule has 2 N–H and O–H groups in total. The third-order valence-electron chi connectivity index (χ3n) is 3.03. The maximum Gasteiger partial charge on any atom is 0.0701 e. The van der Waals surface area contributed by atoms with Gasteiger partial charge in [-0.25, -0.2) is 0 Å². The molecule has 1 aromatic carbocycles. The lowest BCUT2D eigenvalue weighted by atomic mass is 10.0. The van der Waals surface area contributed by atoms with Crippen LogP contribution in [-0.2, 0) is 6.54 Å². The Kier molecular flexibility index (Phi) is 6.04. The molecule has 0 aliphatic rings. The summed E-state index contributed by atoms with van der Waals surface area (Å²) in [5, 5.41) is 14.8. The van der Waals surface area contributed by atoms with E-state index in [0.29, 0.717) is 6.04 Å². The zero-order valence-corrected chi connectivity index (χ0v) is 13.1. The second kappa shape index (κ2) is 7.80. The fraction of sp³-hybridized carbons (Fsp3) is 0.333. The van der Waals surface area contributed by atoms with Crippen LogP contribution in [0, 0.1) is 0 Å². The summed E-state index contributed by atoms with van der Waals surface area (Å²) >= 11 is 5.19. The summed E-state index contributed by atoms with van der Waals surface area (Å²) < 4.78 is 1.16. The van der Waals surface area contributed by atoms with Crippen LogP contribution in [0.25, 0.3) is 0 Å². The highest BCUT2D eigenvalue weighted by Gasteiger charge is 2.10. The molecule has 0 aliphatic carbocycles. The molecule has 0 saturated carbocycles. The van der Waals surface area contributed by atoms with E-state index < -0.39 is 0 Å². The van der Waals surface area contributed by atoms with E-state index in [9.17, 15) is 0 Å². The first-order valence-electron chi connectivity index (χ1n) is 6.41. The second-order valence-corrected chi connectivity index (χ2v) is 6.76. The molecule has 0 fully saturated rings. The fourth-order valence-corrected chi connectivity index (χ4v) is 3.26. The highest BCUT2D eigenvalue weighted by Crippen LogP contribution is 2.23. The molecule has 102 valence electrons. The Balaban J connectivity index is 1.97. The molecule has 2 aromatic rings. The van der Waals surface area contributed by atoms with Gasteiger partial charge >= 0.3 is 0 Å². The quantitative estimate of drug-likeness (QED) is 0.795. The van der Waals surface area contributed by atoms with Crippen molar-refractivity contribution in [3.63, 3.8) is 0 Å². The molecular formula is C15H18BrNOS. The van der Waals surface area contributed by atoms with Crippen molar-refractivity contribution in [1.82, 2.24) is 5.32 Å². The van der Waals surface area contributed by atoms with E-state index in [4.69, 9.17) is 5.11 Å². The van der Waals surface area contributed by atoms with E-state index >= 15 is 0 Å². The van der Waals surface area contributed by atoms with Gasteiger partial charge < -0.3 is 10.4 Å². The normalized spacial score (nSPS) is 12.5. The van der Waals surface area contributed by atoms with E-state index in [1.54, 1.807) is 11.3 Å². The molecule has 1 unspecified atom stereocenters. The Bertz CT molecular complexity index is 486. The van der Waals surface area contributed by atoms with Crippen LogP contribution in [-0.4, -0.2) is 11.7 Å². The van der Waals surface area contributed by atoms with Gasteiger partial charge in [0.05, 0.1) is 3.79 Å². The number of aliphatic hydroxyl groups is 1. The van der Waals surface area contributed by atoms with Gasteiger partial charge in [0.25, 0.3) is 0 Å². The lowest BCUT2D eigenvalue weighted by molar-refractivity contribution is 0.275. The number of halogens is 1. The molecule has 2 rings (SSSR count). The molecule has 2 nitrogen and oxygen atoms in total. The Morgan fingerprint density at radius 2 is 2.05 bits per heavy atom. The Labute approximate surface area is 126 Å². The fourth-order valence-electron chi connectivity index (χ4n) is 2.05. The number of thiophene rings is 1. The maximum atomic E-state index is 9.02. The van der Waals surface area contributed by atoms with Gasteiger partial charge in [0.2, 0.25) is 0 Å². The first-order chi connectivity index (χ1) is 9.29. The number of hydrogen-bond acceptors (Lipinski definition) is 3. The summed E-state index contributed by atoms with van der Waals surface area (Å²) in [7, 11) is 0. The average Bonchev–Trinajstić information content (AvgIpc) is 2.86. The number of hydrogen-bond donors (Lipinski definition) is 2. The van der Waals surface area contributed by atoms with Gasteiger partial charge in [0.15, 0.2) is 0 Å². The van der Waals surface area contributed by atoms with E-state index in [-0.39, 0.29) is 6.61 Å². The Hall–Kier alpha value is -0.680. The van der Waals surface area contributed by atoms with Crippen molar-refractivity contribution < 1.29 is 5.11 Å². The van der Waals surface area contributed by atoms with Crippen LogP contribution in [0.15, 0.2) is 45.6 Å². The highest BCUT2D eigenvalue weighted by atomic mass is 79.9. The third kappa shape index (κ3) is 4.73. The molecule has 4 heteroatoms. The molecule has 0 saturated heterocycles.